The Morgan fingerprint density at radius 1 is 1.40 bits per heavy atom. The lowest BCUT2D eigenvalue weighted by Gasteiger charge is -2.07. The number of ether oxygens (including phenoxy) is 1. The molecule has 0 atom stereocenters. The van der Waals surface area contributed by atoms with Crippen molar-refractivity contribution < 1.29 is 4.74 Å². The van der Waals surface area contributed by atoms with Crippen molar-refractivity contribution in [2.75, 3.05) is 5.73 Å². The van der Waals surface area contributed by atoms with Gasteiger partial charge in [-0.1, -0.05) is 6.07 Å². The van der Waals surface area contributed by atoms with Gasteiger partial charge in [0.1, 0.15) is 0 Å². The molecule has 3 heteroatoms. The first-order valence-electron chi connectivity index (χ1n) is 5.04. The third-order valence-corrected chi connectivity index (χ3v) is 3.28. The van der Waals surface area contributed by atoms with Gasteiger partial charge in [0.15, 0.2) is 0 Å². The van der Waals surface area contributed by atoms with Crippen molar-refractivity contribution in [3.05, 3.63) is 29.1 Å². The number of hydrogen-bond donors (Lipinski definition) is 1. The molecule has 15 heavy (non-hydrogen) atoms. The van der Waals surface area contributed by atoms with Crippen LogP contribution in [0, 0.1) is 0 Å². The van der Waals surface area contributed by atoms with E-state index in [0.717, 1.165) is 11.1 Å². The van der Waals surface area contributed by atoms with Crippen LogP contribution in [0.4, 0.5) is 5.69 Å². The van der Waals surface area contributed by atoms with Gasteiger partial charge >= 0.3 is 0 Å². The Morgan fingerprint density at radius 3 is 2.93 bits per heavy atom. The third-order valence-electron chi connectivity index (χ3n) is 2.28. The molecule has 0 bridgehead atoms. The molecule has 1 aromatic carbocycles. The number of thiophene rings is 1. The minimum Gasteiger partial charge on any atom is -0.398 e. The maximum Gasteiger partial charge on any atom is 0.0735 e. The summed E-state index contributed by atoms with van der Waals surface area (Å²) in [6.07, 6.45) is 0.255. The first-order chi connectivity index (χ1) is 7.18. The standard InChI is InChI=1S/C12H15NOS/c1-8(2)14-6-9-7-15-11-5-3-4-10(13)12(9)11/h3-5,7-8H,6,13H2,1-2H3. The van der Waals surface area contributed by atoms with Crippen LogP contribution < -0.4 is 5.73 Å². The fourth-order valence-corrected chi connectivity index (χ4v) is 2.53. The van der Waals surface area contributed by atoms with E-state index in [9.17, 15) is 0 Å². The van der Waals surface area contributed by atoms with Crippen molar-refractivity contribution in [1.29, 1.82) is 0 Å². The topological polar surface area (TPSA) is 35.2 Å². The van der Waals surface area contributed by atoms with Gasteiger partial charge in [-0.25, -0.2) is 0 Å². The Bertz CT molecular complexity index is 462. The van der Waals surface area contributed by atoms with Crippen LogP contribution in [0.5, 0.6) is 0 Å². The Kier molecular flexibility index (Phi) is 2.93. The zero-order chi connectivity index (χ0) is 10.8. The molecule has 0 aliphatic rings. The molecule has 1 heterocycles. The average molecular weight is 221 g/mol. The SMILES string of the molecule is CC(C)OCc1csc2cccc(N)c12. The summed E-state index contributed by atoms with van der Waals surface area (Å²) in [5.41, 5.74) is 8.00. The van der Waals surface area contributed by atoms with Crippen LogP contribution in [0.1, 0.15) is 19.4 Å². The van der Waals surface area contributed by atoms with Gasteiger partial charge in [0.05, 0.1) is 12.7 Å². The van der Waals surface area contributed by atoms with Crippen LogP contribution in [-0.2, 0) is 11.3 Å². The van der Waals surface area contributed by atoms with Gasteiger partial charge in [0.25, 0.3) is 0 Å². The first-order valence-corrected chi connectivity index (χ1v) is 5.92. The number of benzene rings is 1. The number of nitrogen functional groups attached to an aromatic ring is 1. The molecular formula is C12H15NOS. The van der Waals surface area contributed by atoms with Crippen LogP contribution >= 0.6 is 11.3 Å². The quantitative estimate of drug-likeness (QED) is 0.806. The molecule has 1 aromatic heterocycles. The van der Waals surface area contributed by atoms with E-state index in [0.29, 0.717) is 6.61 Å². The molecule has 2 N–H and O–H groups in total. The fourth-order valence-electron chi connectivity index (χ4n) is 1.55. The minimum absolute atomic E-state index is 0.255. The minimum atomic E-state index is 0.255. The van der Waals surface area contributed by atoms with E-state index in [1.807, 2.05) is 26.0 Å². The molecule has 0 saturated carbocycles. The highest BCUT2D eigenvalue weighted by atomic mass is 32.1. The van der Waals surface area contributed by atoms with Gasteiger partial charge in [0.2, 0.25) is 0 Å². The molecule has 0 spiro atoms. The van der Waals surface area contributed by atoms with Gasteiger partial charge in [-0.3, -0.25) is 0 Å². The Balaban J connectivity index is 2.35. The molecule has 80 valence electrons. The van der Waals surface area contributed by atoms with Crippen LogP contribution in [0.25, 0.3) is 10.1 Å². The Labute approximate surface area is 93.7 Å². The molecule has 0 saturated heterocycles. The van der Waals surface area contributed by atoms with Crippen LogP contribution in [0.2, 0.25) is 0 Å². The second kappa shape index (κ2) is 4.21. The van der Waals surface area contributed by atoms with E-state index in [4.69, 9.17) is 10.5 Å². The molecular weight excluding hydrogens is 206 g/mol. The summed E-state index contributed by atoms with van der Waals surface area (Å²) in [5.74, 6) is 0. The number of anilines is 1. The number of hydrogen-bond acceptors (Lipinski definition) is 3. The largest absolute Gasteiger partial charge is 0.398 e. The van der Waals surface area contributed by atoms with Crippen molar-refractivity contribution in [2.24, 2.45) is 0 Å². The third kappa shape index (κ3) is 2.13. The summed E-state index contributed by atoms with van der Waals surface area (Å²) < 4.78 is 6.83. The zero-order valence-corrected chi connectivity index (χ0v) is 9.80. The van der Waals surface area contributed by atoms with Gasteiger partial charge in [-0.05, 0) is 36.9 Å². The predicted molar refractivity (Wildman–Crippen MR) is 66.2 cm³/mol. The predicted octanol–water partition coefficient (Wildman–Crippen LogP) is 3.41. The van der Waals surface area contributed by atoms with E-state index in [1.165, 1.54) is 10.3 Å². The van der Waals surface area contributed by atoms with Crippen molar-refractivity contribution in [2.45, 2.75) is 26.6 Å². The molecule has 0 amide bonds. The lowest BCUT2D eigenvalue weighted by molar-refractivity contribution is 0.0666. The van der Waals surface area contributed by atoms with E-state index in [2.05, 4.69) is 11.4 Å². The summed E-state index contributed by atoms with van der Waals surface area (Å²) >= 11 is 1.72. The Morgan fingerprint density at radius 2 is 2.20 bits per heavy atom. The molecule has 0 aliphatic heterocycles. The lowest BCUT2D eigenvalue weighted by atomic mass is 10.1. The maximum absolute atomic E-state index is 5.96. The highest BCUT2D eigenvalue weighted by Crippen LogP contribution is 2.31. The lowest BCUT2D eigenvalue weighted by Crippen LogP contribution is -2.02. The molecule has 0 fully saturated rings. The van der Waals surface area contributed by atoms with Crippen molar-refractivity contribution in [3.63, 3.8) is 0 Å². The van der Waals surface area contributed by atoms with E-state index >= 15 is 0 Å². The highest BCUT2D eigenvalue weighted by molar-refractivity contribution is 7.17. The van der Waals surface area contributed by atoms with Crippen molar-refractivity contribution >= 4 is 27.1 Å². The smallest absolute Gasteiger partial charge is 0.0735 e. The second-order valence-electron chi connectivity index (χ2n) is 3.84. The summed E-state index contributed by atoms with van der Waals surface area (Å²) in [5, 5.41) is 3.28. The number of nitrogens with two attached hydrogens (primary N) is 1. The second-order valence-corrected chi connectivity index (χ2v) is 4.75. The van der Waals surface area contributed by atoms with Gasteiger partial charge < -0.3 is 10.5 Å². The van der Waals surface area contributed by atoms with Crippen molar-refractivity contribution in [3.8, 4) is 0 Å². The summed E-state index contributed by atoms with van der Waals surface area (Å²) in [6, 6.07) is 6.02. The van der Waals surface area contributed by atoms with Crippen LogP contribution in [0.3, 0.4) is 0 Å². The summed E-state index contributed by atoms with van der Waals surface area (Å²) in [4.78, 5) is 0. The highest BCUT2D eigenvalue weighted by Gasteiger charge is 2.07. The summed E-state index contributed by atoms with van der Waals surface area (Å²) in [7, 11) is 0. The van der Waals surface area contributed by atoms with Crippen LogP contribution in [0.15, 0.2) is 23.6 Å². The normalized spacial score (nSPS) is 11.4. The molecule has 0 aliphatic carbocycles. The first kappa shape index (κ1) is 10.5. The molecule has 2 rings (SSSR count). The van der Waals surface area contributed by atoms with Gasteiger partial charge in [-0.15, -0.1) is 11.3 Å². The van der Waals surface area contributed by atoms with E-state index in [-0.39, 0.29) is 6.10 Å². The zero-order valence-electron chi connectivity index (χ0n) is 8.99. The van der Waals surface area contributed by atoms with Gasteiger partial charge in [-0.2, -0.15) is 0 Å². The average Bonchev–Trinajstić information content (AvgIpc) is 2.59. The molecule has 2 aromatic rings. The monoisotopic (exact) mass is 221 g/mol. The fraction of sp³-hybridized carbons (Fsp3) is 0.333. The molecule has 0 unspecified atom stereocenters. The molecule has 2 nitrogen and oxygen atoms in total. The Hall–Kier alpha value is -1.06. The van der Waals surface area contributed by atoms with Gasteiger partial charge in [0, 0.05) is 15.8 Å². The maximum atomic E-state index is 5.96. The van der Waals surface area contributed by atoms with Crippen LogP contribution in [-0.4, -0.2) is 6.10 Å². The number of rotatable bonds is 3. The van der Waals surface area contributed by atoms with E-state index < -0.39 is 0 Å². The van der Waals surface area contributed by atoms with E-state index in [1.54, 1.807) is 11.3 Å². The number of fused-ring (bicyclic) bond motifs is 1. The summed E-state index contributed by atoms with van der Waals surface area (Å²) in [6.45, 7) is 4.72. The van der Waals surface area contributed by atoms with Crippen molar-refractivity contribution in [1.82, 2.24) is 0 Å². The molecule has 0 radical (unpaired) electrons.